The molecule has 0 bridgehead atoms. The van der Waals surface area contributed by atoms with Crippen molar-refractivity contribution in [3.63, 3.8) is 0 Å². The molecule has 106 valence electrons. The first-order valence-corrected chi connectivity index (χ1v) is 7.96. The van der Waals surface area contributed by atoms with Gasteiger partial charge >= 0.3 is 0 Å². The van der Waals surface area contributed by atoms with Crippen molar-refractivity contribution in [3.8, 4) is 0 Å². The van der Waals surface area contributed by atoms with Crippen molar-refractivity contribution >= 4 is 11.3 Å². The zero-order valence-electron chi connectivity index (χ0n) is 11.7. The van der Waals surface area contributed by atoms with Crippen molar-refractivity contribution in [2.45, 2.75) is 19.4 Å². The number of thiazole rings is 1. The fraction of sp³-hybridized carbons (Fsp3) is 0.467. The molecule has 0 saturated carbocycles. The summed E-state index contributed by atoms with van der Waals surface area (Å²) in [4.78, 5) is 12.6. The van der Waals surface area contributed by atoms with Crippen LogP contribution in [0.2, 0.25) is 0 Å². The highest BCUT2D eigenvalue weighted by atomic mass is 32.1. The topological polar surface area (TPSA) is 41.1 Å². The van der Waals surface area contributed by atoms with E-state index in [1.807, 2.05) is 24.0 Å². The largest absolute Gasteiger partial charge is 0.314 e. The Morgan fingerprint density at radius 1 is 1.50 bits per heavy atom. The molecular weight excluding hydrogens is 268 g/mol. The molecule has 2 aromatic heterocycles. The Bertz CT molecular complexity index is 540. The lowest BCUT2D eigenvalue weighted by atomic mass is 10.0. The number of nitrogens with one attached hydrogen (secondary N) is 1. The average molecular weight is 288 g/mol. The van der Waals surface area contributed by atoms with Gasteiger partial charge in [0, 0.05) is 49.5 Å². The van der Waals surface area contributed by atoms with Gasteiger partial charge in [-0.15, -0.1) is 11.3 Å². The van der Waals surface area contributed by atoms with Crippen LogP contribution in [-0.2, 0) is 6.42 Å². The van der Waals surface area contributed by atoms with Crippen molar-refractivity contribution in [3.05, 3.63) is 46.2 Å². The van der Waals surface area contributed by atoms with Crippen LogP contribution in [0.1, 0.15) is 22.2 Å². The molecule has 0 spiro atoms. The molecule has 1 fully saturated rings. The van der Waals surface area contributed by atoms with E-state index in [4.69, 9.17) is 0 Å². The summed E-state index contributed by atoms with van der Waals surface area (Å²) >= 11 is 1.77. The first kappa shape index (κ1) is 13.7. The van der Waals surface area contributed by atoms with E-state index in [2.05, 4.69) is 33.2 Å². The normalized spacial score (nSPS) is 20.1. The van der Waals surface area contributed by atoms with Gasteiger partial charge in [0.1, 0.15) is 0 Å². The van der Waals surface area contributed by atoms with Gasteiger partial charge in [-0.25, -0.2) is 4.98 Å². The van der Waals surface area contributed by atoms with Gasteiger partial charge in [0.15, 0.2) is 0 Å². The van der Waals surface area contributed by atoms with E-state index in [0.29, 0.717) is 6.04 Å². The van der Waals surface area contributed by atoms with Gasteiger partial charge in [-0.2, -0.15) is 0 Å². The van der Waals surface area contributed by atoms with Gasteiger partial charge in [0.2, 0.25) is 0 Å². The highest BCUT2D eigenvalue weighted by Gasteiger charge is 2.23. The molecule has 20 heavy (non-hydrogen) atoms. The van der Waals surface area contributed by atoms with Crippen LogP contribution in [0.4, 0.5) is 0 Å². The zero-order chi connectivity index (χ0) is 13.8. The molecule has 0 amide bonds. The summed E-state index contributed by atoms with van der Waals surface area (Å²) in [7, 11) is 0. The predicted molar refractivity (Wildman–Crippen MR) is 82.0 cm³/mol. The van der Waals surface area contributed by atoms with Crippen molar-refractivity contribution in [1.82, 2.24) is 20.2 Å². The number of rotatable bonds is 4. The van der Waals surface area contributed by atoms with E-state index in [1.54, 1.807) is 11.3 Å². The number of nitrogens with zero attached hydrogens (tertiary/aromatic N) is 3. The van der Waals surface area contributed by atoms with E-state index in [1.165, 1.54) is 16.1 Å². The number of aromatic nitrogens is 2. The minimum Gasteiger partial charge on any atom is -0.314 e. The molecule has 4 nitrogen and oxygen atoms in total. The number of aryl methyl sites for hydroxylation is 1. The summed E-state index contributed by atoms with van der Waals surface area (Å²) in [5.41, 5.74) is 4.44. The molecule has 3 heterocycles. The summed E-state index contributed by atoms with van der Waals surface area (Å²) in [6, 6.07) is 4.64. The second-order valence-electron chi connectivity index (χ2n) is 5.15. The first-order valence-electron chi connectivity index (χ1n) is 7.08. The van der Waals surface area contributed by atoms with Crippen molar-refractivity contribution < 1.29 is 0 Å². The van der Waals surface area contributed by atoms with Gasteiger partial charge in [0.05, 0.1) is 11.2 Å². The van der Waals surface area contributed by atoms with E-state index in [9.17, 15) is 0 Å². The molecule has 1 saturated heterocycles. The lowest BCUT2D eigenvalue weighted by Gasteiger charge is -2.36. The van der Waals surface area contributed by atoms with Gasteiger partial charge < -0.3 is 5.32 Å². The Morgan fingerprint density at radius 2 is 2.45 bits per heavy atom. The van der Waals surface area contributed by atoms with Gasteiger partial charge in [0.25, 0.3) is 0 Å². The Morgan fingerprint density at radius 3 is 3.20 bits per heavy atom. The summed E-state index contributed by atoms with van der Waals surface area (Å²) < 4.78 is 0. The fourth-order valence-electron chi connectivity index (χ4n) is 2.73. The Kier molecular flexibility index (Phi) is 4.40. The number of hydrogen-bond donors (Lipinski definition) is 1. The summed E-state index contributed by atoms with van der Waals surface area (Å²) in [5, 5.41) is 3.49. The Balaban J connectivity index is 1.68. The molecular formula is C15H20N4S. The maximum absolute atomic E-state index is 4.34. The lowest BCUT2D eigenvalue weighted by molar-refractivity contribution is 0.164. The van der Waals surface area contributed by atoms with Crippen LogP contribution in [-0.4, -0.2) is 41.0 Å². The monoisotopic (exact) mass is 288 g/mol. The SMILES string of the molecule is Cc1ncsc1CCN1CCNCC1c1cccnc1. The van der Waals surface area contributed by atoms with Crippen LogP contribution >= 0.6 is 11.3 Å². The summed E-state index contributed by atoms with van der Waals surface area (Å²) in [6.07, 6.45) is 4.92. The molecule has 1 aliphatic heterocycles. The number of piperazine rings is 1. The van der Waals surface area contributed by atoms with Crippen LogP contribution < -0.4 is 5.32 Å². The van der Waals surface area contributed by atoms with Crippen LogP contribution in [0.15, 0.2) is 30.0 Å². The van der Waals surface area contributed by atoms with E-state index < -0.39 is 0 Å². The summed E-state index contributed by atoms with van der Waals surface area (Å²) in [5.74, 6) is 0. The van der Waals surface area contributed by atoms with Gasteiger partial charge in [-0.1, -0.05) is 6.07 Å². The van der Waals surface area contributed by atoms with E-state index in [-0.39, 0.29) is 0 Å². The smallest absolute Gasteiger partial charge is 0.0797 e. The molecule has 0 aromatic carbocycles. The van der Waals surface area contributed by atoms with Crippen LogP contribution in [0.3, 0.4) is 0 Å². The molecule has 5 heteroatoms. The minimum absolute atomic E-state index is 0.436. The second-order valence-corrected chi connectivity index (χ2v) is 6.09. The third-order valence-electron chi connectivity index (χ3n) is 3.89. The quantitative estimate of drug-likeness (QED) is 0.935. The molecule has 3 rings (SSSR count). The summed E-state index contributed by atoms with van der Waals surface area (Å²) in [6.45, 7) is 6.36. The fourth-order valence-corrected chi connectivity index (χ4v) is 3.50. The number of hydrogen-bond acceptors (Lipinski definition) is 5. The molecule has 1 N–H and O–H groups in total. The maximum Gasteiger partial charge on any atom is 0.0797 e. The van der Waals surface area contributed by atoms with Crippen LogP contribution in [0, 0.1) is 6.92 Å². The second kappa shape index (κ2) is 6.43. The van der Waals surface area contributed by atoms with E-state index in [0.717, 1.165) is 32.6 Å². The number of pyridine rings is 1. The standard InChI is InChI=1S/C15H20N4S/c1-12-15(20-11-18-12)4-7-19-8-6-17-10-14(19)13-3-2-5-16-9-13/h2-3,5,9,11,14,17H,4,6-8,10H2,1H3. The maximum atomic E-state index is 4.34. The highest BCUT2D eigenvalue weighted by molar-refractivity contribution is 7.09. The van der Waals surface area contributed by atoms with Crippen LogP contribution in [0.5, 0.6) is 0 Å². The average Bonchev–Trinajstić information content (AvgIpc) is 2.92. The van der Waals surface area contributed by atoms with Crippen molar-refractivity contribution in [1.29, 1.82) is 0 Å². The van der Waals surface area contributed by atoms with E-state index >= 15 is 0 Å². The molecule has 0 radical (unpaired) electrons. The van der Waals surface area contributed by atoms with Crippen LogP contribution in [0.25, 0.3) is 0 Å². The minimum atomic E-state index is 0.436. The lowest BCUT2D eigenvalue weighted by Crippen LogP contribution is -2.46. The third kappa shape index (κ3) is 3.06. The molecule has 1 atom stereocenters. The highest BCUT2D eigenvalue weighted by Crippen LogP contribution is 2.22. The van der Waals surface area contributed by atoms with Gasteiger partial charge in [-0.05, 0) is 25.0 Å². The van der Waals surface area contributed by atoms with Crippen molar-refractivity contribution in [2.24, 2.45) is 0 Å². The van der Waals surface area contributed by atoms with Gasteiger partial charge in [-0.3, -0.25) is 9.88 Å². The Hall–Kier alpha value is -1.30. The molecule has 0 aliphatic carbocycles. The Labute approximate surface area is 123 Å². The third-order valence-corrected chi connectivity index (χ3v) is 4.89. The zero-order valence-corrected chi connectivity index (χ0v) is 12.6. The molecule has 1 aliphatic rings. The van der Waals surface area contributed by atoms with Crippen molar-refractivity contribution in [2.75, 3.05) is 26.2 Å². The molecule has 1 unspecified atom stereocenters. The molecule has 2 aromatic rings. The first-order chi connectivity index (χ1) is 9.84. The predicted octanol–water partition coefficient (Wildman–Crippen LogP) is 2.04.